The van der Waals surface area contributed by atoms with Crippen molar-refractivity contribution in [3.05, 3.63) is 58.6 Å². The summed E-state index contributed by atoms with van der Waals surface area (Å²) < 4.78 is 10.7. The zero-order valence-corrected chi connectivity index (χ0v) is 16.9. The van der Waals surface area contributed by atoms with E-state index in [2.05, 4.69) is 16.2 Å². The summed E-state index contributed by atoms with van der Waals surface area (Å²) in [6.07, 6.45) is 0. The van der Waals surface area contributed by atoms with Gasteiger partial charge in [0.05, 0.1) is 0 Å². The minimum Gasteiger partial charge on any atom is -0.484 e. The molecular formula is C19H20ClN3O4S. The number of hydrogen-bond acceptors (Lipinski definition) is 5. The van der Waals surface area contributed by atoms with E-state index < -0.39 is 11.8 Å². The SMILES string of the molecule is Cc1ccc(OCC(=O)NNC(=S)NC(=O)COc2ccc(Cl)cc2C)cc1. The van der Waals surface area contributed by atoms with Crippen LogP contribution in [0.5, 0.6) is 11.5 Å². The van der Waals surface area contributed by atoms with Crippen LogP contribution in [0, 0.1) is 13.8 Å². The highest BCUT2D eigenvalue weighted by atomic mass is 35.5. The first-order chi connectivity index (χ1) is 13.3. The van der Waals surface area contributed by atoms with Crippen LogP contribution in [0.4, 0.5) is 0 Å². The predicted octanol–water partition coefficient (Wildman–Crippen LogP) is 2.44. The van der Waals surface area contributed by atoms with Crippen molar-refractivity contribution >= 4 is 40.7 Å². The van der Waals surface area contributed by atoms with E-state index in [1.54, 1.807) is 30.3 Å². The smallest absolute Gasteiger partial charge is 0.276 e. The topological polar surface area (TPSA) is 88.7 Å². The van der Waals surface area contributed by atoms with Crippen molar-refractivity contribution in [1.82, 2.24) is 16.2 Å². The molecule has 0 heterocycles. The van der Waals surface area contributed by atoms with Gasteiger partial charge in [0.1, 0.15) is 11.5 Å². The van der Waals surface area contributed by atoms with Crippen molar-refractivity contribution in [1.29, 1.82) is 0 Å². The zero-order chi connectivity index (χ0) is 20.5. The van der Waals surface area contributed by atoms with Crippen molar-refractivity contribution < 1.29 is 19.1 Å². The molecule has 0 radical (unpaired) electrons. The lowest BCUT2D eigenvalue weighted by atomic mass is 10.2. The van der Waals surface area contributed by atoms with Gasteiger partial charge >= 0.3 is 0 Å². The second-order valence-electron chi connectivity index (χ2n) is 5.85. The van der Waals surface area contributed by atoms with Gasteiger partial charge in [0.15, 0.2) is 18.3 Å². The average Bonchev–Trinajstić information content (AvgIpc) is 2.65. The first kappa shape index (κ1) is 21.5. The summed E-state index contributed by atoms with van der Waals surface area (Å²) in [4.78, 5) is 23.6. The minimum absolute atomic E-state index is 0.0647. The molecule has 148 valence electrons. The quantitative estimate of drug-likeness (QED) is 0.490. The lowest BCUT2D eigenvalue weighted by molar-refractivity contribution is -0.124. The number of hydrazine groups is 1. The number of carbonyl (C=O) groups is 2. The van der Waals surface area contributed by atoms with Crippen LogP contribution in [0.25, 0.3) is 0 Å². The Bertz CT molecular complexity index is 859. The standard InChI is InChI=1S/C19H20ClN3O4S/c1-12-3-6-15(7-4-12)26-11-18(25)22-23-19(28)21-17(24)10-27-16-8-5-14(20)9-13(16)2/h3-9H,10-11H2,1-2H3,(H,22,25)(H2,21,23,24,28). The summed E-state index contributed by atoms with van der Waals surface area (Å²) in [7, 11) is 0. The lowest BCUT2D eigenvalue weighted by Crippen LogP contribution is -2.50. The first-order valence-corrected chi connectivity index (χ1v) is 9.09. The molecule has 0 saturated carbocycles. The van der Waals surface area contributed by atoms with E-state index in [1.165, 1.54) is 0 Å². The number of thiocarbonyl (C=S) groups is 1. The van der Waals surface area contributed by atoms with Gasteiger partial charge in [0.25, 0.3) is 11.8 Å². The van der Waals surface area contributed by atoms with Gasteiger partial charge in [-0.25, -0.2) is 0 Å². The van der Waals surface area contributed by atoms with Crippen LogP contribution in [-0.4, -0.2) is 30.1 Å². The molecule has 2 rings (SSSR count). The van der Waals surface area contributed by atoms with Crippen LogP contribution in [0.15, 0.2) is 42.5 Å². The van der Waals surface area contributed by atoms with Gasteiger partial charge < -0.3 is 9.47 Å². The third-order valence-electron chi connectivity index (χ3n) is 3.46. The minimum atomic E-state index is -0.475. The highest BCUT2D eigenvalue weighted by molar-refractivity contribution is 7.80. The predicted molar refractivity (Wildman–Crippen MR) is 110 cm³/mol. The molecule has 0 aromatic heterocycles. The van der Waals surface area contributed by atoms with Crippen LogP contribution >= 0.6 is 23.8 Å². The largest absolute Gasteiger partial charge is 0.484 e. The van der Waals surface area contributed by atoms with Gasteiger partial charge in [-0.3, -0.25) is 25.8 Å². The Morgan fingerprint density at radius 3 is 2.32 bits per heavy atom. The molecule has 2 aromatic rings. The summed E-state index contributed by atoms with van der Waals surface area (Å²) in [6.45, 7) is 3.33. The van der Waals surface area contributed by atoms with E-state index in [0.29, 0.717) is 16.5 Å². The van der Waals surface area contributed by atoms with E-state index >= 15 is 0 Å². The molecule has 0 aliphatic rings. The van der Waals surface area contributed by atoms with E-state index in [1.807, 2.05) is 26.0 Å². The number of benzene rings is 2. The molecule has 3 N–H and O–H groups in total. The summed E-state index contributed by atoms with van der Waals surface area (Å²) in [6, 6.07) is 12.4. The number of aryl methyl sites for hydroxylation is 2. The molecule has 0 fully saturated rings. The number of nitrogens with one attached hydrogen (secondary N) is 3. The van der Waals surface area contributed by atoms with E-state index in [4.69, 9.17) is 33.3 Å². The van der Waals surface area contributed by atoms with Crippen LogP contribution in [0.2, 0.25) is 5.02 Å². The molecule has 2 amide bonds. The highest BCUT2D eigenvalue weighted by Gasteiger charge is 2.09. The molecular weight excluding hydrogens is 402 g/mol. The molecule has 0 atom stereocenters. The van der Waals surface area contributed by atoms with Crippen molar-refractivity contribution in [2.24, 2.45) is 0 Å². The first-order valence-electron chi connectivity index (χ1n) is 8.30. The Morgan fingerprint density at radius 2 is 1.64 bits per heavy atom. The third kappa shape index (κ3) is 7.42. The van der Waals surface area contributed by atoms with Gasteiger partial charge in [-0.15, -0.1) is 0 Å². The van der Waals surface area contributed by atoms with E-state index in [9.17, 15) is 9.59 Å². The summed E-state index contributed by atoms with van der Waals surface area (Å²) in [5.41, 5.74) is 6.66. The second kappa shape index (κ2) is 10.5. The monoisotopic (exact) mass is 421 g/mol. The fourth-order valence-electron chi connectivity index (χ4n) is 2.06. The van der Waals surface area contributed by atoms with Crippen LogP contribution in [0.3, 0.4) is 0 Å². The number of halogens is 1. The highest BCUT2D eigenvalue weighted by Crippen LogP contribution is 2.21. The maximum Gasteiger partial charge on any atom is 0.276 e. The van der Waals surface area contributed by atoms with Crippen molar-refractivity contribution in [2.45, 2.75) is 13.8 Å². The van der Waals surface area contributed by atoms with Crippen LogP contribution in [-0.2, 0) is 9.59 Å². The van der Waals surface area contributed by atoms with Gasteiger partial charge in [-0.05, 0) is 62.0 Å². The molecule has 2 aromatic carbocycles. The lowest BCUT2D eigenvalue weighted by Gasteiger charge is -2.12. The molecule has 0 spiro atoms. The summed E-state index contributed by atoms with van der Waals surface area (Å²) in [5.74, 6) is 0.188. The normalized spacial score (nSPS) is 9.96. The maximum absolute atomic E-state index is 11.9. The molecule has 0 aliphatic carbocycles. The Labute approximate surface area is 173 Å². The van der Waals surface area contributed by atoms with Gasteiger partial charge in [-0.1, -0.05) is 29.3 Å². The summed E-state index contributed by atoms with van der Waals surface area (Å²) >= 11 is 10.8. The molecule has 0 saturated heterocycles. The van der Waals surface area contributed by atoms with E-state index in [-0.39, 0.29) is 18.3 Å². The summed E-state index contributed by atoms with van der Waals surface area (Å²) in [5, 5.41) is 2.91. The van der Waals surface area contributed by atoms with Gasteiger partial charge in [0, 0.05) is 5.02 Å². The molecule has 0 unspecified atom stereocenters. The molecule has 0 bridgehead atoms. The van der Waals surface area contributed by atoms with Crippen molar-refractivity contribution in [3.63, 3.8) is 0 Å². The third-order valence-corrected chi connectivity index (χ3v) is 3.89. The Hall–Kier alpha value is -2.84. The average molecular weight is 422 g/mol. The van der Waals surface area contributed by atoms with Gasteiger partial charge in [-0.2, -0.15) is 0 Å². The fraction of sp³-hybridized carbons (Fsp3) is 0.211. The van der Waals surface area contributed by atoms with Crippen LogP contribution < -0.4 is 25.6 Å². The zero-order valence-electron chi connectivity index (χ0n) is 15.4. The van der Waals surface area contributed by atoms with Crippen LogP contribution in [0.1, 0.15) is 11.1 Å². The fourth-order valence-corrected chi connectivity index (χ4v) is 2.45. The number of ether oxygens (including phenoxy) is 2. The van der Waals surface area contributed by atoms with Gasteiger partial charge in [0.2, 0.25) is 0 Å². The number of rotatable bonds is 6. The van der Waals surface area contributed by atoms with Crippen molar-refractivity contribution in [3.8, 4) is 11.5 Å². The molecule has 28 heavy (non-hydrogen) atoms. The molecule has 9 heteroatoms. The Kier molecular flexibility index (Phi) is 8.03. The Morgan fingerprint density at radius 1 is 0.964 bits per heavy atom. The molecule has 0 aliphatic heterocycles. The van der Waals surface area contributed by atoms with Crippen molar-refractivity contribution in [2.75, 3.05) is 13.2 Å². The number of carbonyl (C=O) groups excluding carboxylic acids is 2. The Balaban J connectivity index is 1.66. The number of amides is 2. The second-order valence-corrected chi connectivity index (χ2v) is 6.70. The maximum atomic E-state index is 11.9. The van der Waals surface area contributed by atoms with E-state index in [0.717, 1.165) is 11.1 Å². The number of hydrogen-bond donors (Lipinski definition) is 3. The molecule has 7 nitrogen and oxygen atoms in total.